The summed E-state index contributed by atoms with van der Waals surface area (Å²) in [7, 11) is -3.23. The number of esters is 1. The molecule has 15 heteroatoms. The lowest BCUT2D eigenvalue weighted by Crippen LogP contribution is -2.37. The van der Waals surface area contributed by atoms with Crippen LogP contribution in [0.3, 0.4) is 0 Å². The number of ether oxygens (including phenoxy) is 3. The van der Waals surface area contributed by atoms with Crippen molar-refractivity contribution in [2.45, 2.75) is 31.5 Å². The van der Waals surface area contributed by atoms with Crippen molar-refractivity contribution >= 4 is 36.6 Å². The predicted octanol–water partition coefficient (Wildman–Crippen LogP) is 0.907. The summed E-state index contributed by atoms with van der Waals surface area (Å²) < 4.78 is 30.0. The second-order valence-electron chi connectivity index (χ2n) is 7.78. The molecule has 4 N–H and O–H groups in total. The third kappa shape index (κ3) is 5.42. The Labute approximate surface area is 203 Å². The molecule has 0 aliphatic carbocycles. The molecule has 0 spiro atoms. The van der Waals surface area contributed by atoms with E-state index in [0.717, 1.165) is 6.08 Å². The fourth-order valence-electron chi connectivity index (χ4n) is 3.73. The van der Waals surface area contributed by atoms with Gasteiger partial charge in [0, 0.05) is 19.9 Å². The number of fused-ring (bicyclic) bond motifs is 1. The number of hydrogen-bond acceptors (Lipinski definition) is 9. The van der Waals surface area contributed by atoms with Crippen LogP contribution in [0.25, 0.3) is 11.2 Å². The highest BCUT2D eigenvalue weighted by atomic mass is 31.2. The van der Waals surface area contributed by atoms with Crippen LogP contribution in [0.5, 0.6) is 0 Å². The van der Waals surface area contributed by atoms with Crippen molar-refractivity contribution in [1.82, 2.24) is 19.5 Å². The van der Waals surface area contributed by atoms with Crippen molar-refractivity contribution in [1.29, 1.82) is 0 Å². The van der Waals surface area contributed by atoms with E-state index in [1.807, 2.05) is 0 Å². The molecule has 0 radical (unpaired) electrons. The number of anilines is 1. The molecule has 2 aromatic heterocycles. The molecule has 1 aliphatic rings. The van der Waals surface area contributed by atoms with Gasteiger partial charge in [-0.05, 0) is 18.2 Å². The van der Waals surface area contributed by atoms with E-state index in [1.165, 1.54) is 24.9 Å². The molecule has 4 rings (SSSR count). The quantitative estimate of drug-likeness (QED) is 0.256. The Morgan fingerprint density at radius 1 is 1.25 bits per heavy atom. The van der Waals surface area contributed by atoms with Gasteiger partial charge in [0.2, 0.25) is 11.9 Å². The number of aromatic amines is 1. The molecule has 1 saturated heterocycles. The zero-order valence-corrected chi connectivity index (χ0v) is 19.9. The third-order valence-corrected chi connectivity index (χ3v) is 5.78. The number of methoxy groups -OCH3 is 1. The molecule has 0 bridgehead atoms. The summed E-state index contributed by atoms with van der Waals surface area (Å²) in [5.41, 5.74) is -0.411. The molecule has 1 fully saturated rings. The minimum Gasteiger partial charge on any atom is -0.453 e. The maximum absolute atomic E-state index is 12.8. The molecular weight excluding hydrogens is 497 g/mol. The molecule has 3 heterocycles. The Bertz CT molecular complexity index is 1410. The highest BCUT2D eigenvalue weighted by Gasteiger charge is 2.48. The number of aromatic nitrogens is 4. The number of carbonyl (C=O) groups is 2. The molecule has 190 valence electrons. The smallest absolute Gasteiger partial charge is 0.348 e. The first-order valence-electron chi connectivity index (χ1n) is 10.5. The number of hydrogen-bond donors (Lipinski definition) is 4. The monoisotopic (exact) mass is 519 g/mol. The van der Waals surface area contributed by atoms with Crippen molar-refractivity contribution in [3.63, 3.8) is 0 Å². The summed E-state index contributed by atoms with van der Waals surface area (Å²) in [6.45, 7) is 1.24. The van der Waals surface area contributed by atoms with Crippen LogP contribution in [0, 0.1) is 0 Å². The van der Waals surface area contributed by atoms with Crippen LogP contribution >= 0.6 is 7.60 Å². The lowest BCUT2D eigenvalue weighted by molar-refractivity contribution is -0.114. The minimum absolute atomic E-state index is 0.0299. The molecule has 1 aliphatic heterocycles. The third-order valence-electron chi connectivity index (χ3n) is 5.22. The first-order chi connectivity index (χ1) is 17.1. The summed E-state index contributed by atoms with van der Waals surface area (Å²) in [6.07, 6.45) is -2.05. The van der Waals surface area contributed by atoms with Gasteiger partial charge in [0.05, 0.1) is 11.9 Å². The number of nitrogens with zero attached hydrogens (tertiary/aromatic N) is 3. The highest BCUT2D eigenvalue weighted by Crippen LogP contribution is 2.40. The minimum atomic E-state index is -4.57. The van der Waals surface area contributed by atoms with Crippen LogP contribution in [-0.4, -0.2) is 66.6 Å². The molecule has 0 saturated carbocycles. The van der Waals surface area contributed by atoms with Crippen LogP contribution in [0.2, 0.25) is 0 Å². The van der Waals surface area contributed by atoms with Crippen LogP contribution in [-0.2, 0) is 23.6 Å². The molecule has 36 heavy (non-hydrogen) atoms. The Morgan fingerprint density at radius 3 is 2.61 bits per heavy atom. The van der Waals surface area contributed by atoms with Crippen molar-refractivity contribution in [3.8, 4) is 0 Å². The van der Waals surface area contributed by atoms with E-state index in [0.29, 0.717) is 5.82 Å². The fourth-order valence-corrected chi connectivity index (χ4v) is 4.12. The van der Waals surface area contributed by atoms with E-state index in [9.17, 15) is 28.7 Å². The van der Waals surface area contributed by atoms with E-state index in [1.54, 1.807) is 30.3 Å². The average Bonchev–Trinajstić information content (AvgIpc) is 3.38. The van der Waals surface area contributed by atoms with Gasteiger partial charge in [-0.25, -0.2) is 9.78 Å². The zero-order valence-electron chi connectivity index (χ0n) is 19.0. The van der Waals surface area contributed by atoms with E-state index in [4.69, 9.17) is 14.2 Å². The molecule has 3 aromatic rings. The summed E-state index contributed by atoms with van der Waals surface area (Å²) in [5, 5.41) is 2.38. The zero-order chi connectivity index (χ0) is 26.0. The number of imidazole rings is 1. The number of nitrogens with one attached hydrogen (secondary N) is 2. The first kappa shape index (κ1) is 25.4. The van der Waals surface area contributed by atoms with E-state index < -0.39 is 49.6 Å². The van der Waals surface area contributed by atoms with Crippen molar-refractivity contribution in [2.75, 3.05) is 12.4 Å². The lowest BCUT2D eigenvalue weighted by atomic mass is 10.1. The maximum atomic E-state index is 12.8. The van der Waals surface area contributed by atoms with Gasteiger partial charge in [-0.3, -0.25) is 29.0 Å². The molecule has 1 amide bonds. The lowest BCUT2D eigenvalue weighted by Gasteiger charge is -2.23. The SMILES string of the molecule is CO[C@@H]1[C@H](OC(=O)c2ccccc2)[C@@H](/C=C/P(=O)(O)O)O[C@H]1n1cnc2c(=O)[nH]c(NC(C)=O)nc21. The number of carbonyl (C=O) groups excluding carboxylic acids is 2. The van der Waals surface area contributed by atoms with Gasteiger partial charge in [0.25, 0.3) is 5.56 Å². The fraction of sp³-hybridized carbons (Fsp3) is 0.286. The maximum Gasteiger partial charge on any atom is 0.348 e. The Morgan fingerprint density at radius 2 is 1.97 bits per heavy atom. The normalized spacial score (nSPS) is 22.2. The van der Waals surface area contributed by atoms with Gasteiger partial charge in [-0.15, -0.1) is 0 Å². The van der Waals surface area contributed by atoms with Crippen molar-refractivity contribution in [3.05, 3.63) is 64.5 Å². The number of amides is 1. The Kier molecular flexibility index (Phi) is 7.15. The number of rotatable bonds is 7. The average molecular weight is 519 g/mol. The number of H-pyrrole nitrogens is 1. The summed E-state index contributed by atoms with van der Waals surface area (Å²) in [6, 6.07) is 8.11. The van der Waals surface area contributed by atoms with Crippen LogP contribution < -0.4 is 10.9 Å². The largest absolute Gasteiger partial charge is 0.453 e. The molecule has 1 aromatic carbocycles. The van der Waals surface area contributed by atoms with Gasteiger partial charge in [-0.1, -0.05) is 18.2 Å². The van der Waals surface area contributed by atoms with Crippen molar-refractivity contribution in [2.24, 2.45) is 0 Å². The van der Waals surface area contributed by atoms with Crippen LogP contribution in [0.15, 0.2) is 53.3 Å². The van der Waals surface area contributed by atoms with Gasteiger partial charge in [0.1, 0.15) is 12.2 Å². The van der Waals surface area contributed by atoms with Crippen LogP contribution in [0.1, 0.15) is 23.5 Å². The summed E-state index contributed by atoms with van der Waals surface area (Å²) >= 11 is 0. The van der Waals surface area contributed by atoms with Gasteiger partial charge in [-0.2, -0.15) is 4.98 Å². The van der Waals surface area contributed by atoms with E-state index in [-0.39, 0.29) is 22.7 Å². The molecular formula is C21H22N5O9P. The predicted molar refractivity (Wildman–Crippen MR) is 124 cm³/mol. The standard InChI is InChI=1S/C21H22N5O9P/c1-11(27)23-21-24-17-14(18(28)25-21)22-10-26(17)19-16(33-2)15(13(34-19)8-9-36(30,31)32)35-20(29)12-6-4-3-5-7-12/h3-10,13,15-16,19H,1-2H3,(H2,30,31,32)(H2,23,24,25,27,28)/b9-8+/t13-,15-,16-,19-/m1/s1. The van der Waals surface area contributed by atoms with Gasteiger partial charge >= 0.3 is 13.6 Å². The van der Waals surface area contributed by atoms with Crippen LogP contribution in [0.4, 0.5) is 5.95 Å². The Balaban J connectivity index is 1.75. The van der Waals surface area contributed by atoms with E-state index in [2.05, 4.69) is 20.3 Å². The molecule has 0 unspecified atom stereocenters. The first-order valence-corrected chi connectivity index (χ1v) is 12.2. The van der Waals surface area contributed by atoms with E-state index >= 15 is 0 Å². The molecule has 4 atom stereocenters. The Hall–Kier alpha value is -3.68. The van der Waals surface area contributed by atoms with Gasteiger partial charge < -0.3 is 24.0 Å². The second-order valence-corrected chi connectivity index (χ2v) is 9.25. The second kappa shape index (κ2) is 10.1. The van der Waals surface area contributed by atoms with Crippen molar-refractivity contribution < 1.29 is 38.2 Å². The highest BCUT2D eigenvalue weighted by molar-refractivity contribution is 7.55. The van der Waals surface area contributed by atoms with Gasteiger partial charge in [0.15, 0.2) is 23.5 Å². The number of benzene rings is 1. The summed E-state index contributed by atoms with van der Waals surface area (Å²) in [4.78, 5) is 65.9. The summed E-state index contributed by atoms with van der Waals surface area (Å²) in [5.74, 6) is -0.663. The molecule has 14 nitrogen and oxygen atoms in total. The topological polar surface area (TPSA) is 195 Å².